The third kappa shape index (κ3) is 3.62. The van der Waals surface area contributed by atoms with E-state index in [1.807, 2.05) is 29.0 Å². The number of anilines is 1. The lowest BCUT2D eigenvalue weighted by atomic mass is 9.89. The average Bonchev–Trinajstić information content (AvgIpc) is 3.50. The molecule has 0 spiro atoms. The van der Waals surface area contributed by atoms with Gasteiger partial charge in [-0.1, -0.05) is 0 Å². The van der Waals surface area contributed by atoms with Crippen molar-refractivity contribution in [1.29, 1.82) is 0 Å². The second-order valence-corrected chi connectivity index (χ2v) is 9.07. The number of halogens is 1. The fraction of sp³-hybridized carbons (Fsp3) is 0.417. The Morgan fingerprint density at radius 1 is 1.26 bits per heavy atom. The number of nitrogens with one attached hydrogen (secondary N) is 2. The van der Waals surface area contributed by atoms with Crippen LogP contribution in [0.5, 0.6) is 0 Å². The summed E-state index contributed by atoms with van der Waals surface area (Å²) in [6.45, 7) is 0.588. The quantitative estimate of drug-likeness (QED) is 0.402. The van der Waals surface area contributed by atoms with Gasteiger partial charge in [-0.25, -0.2) is 14.4 Å². The molecule has 0 radical (unpaired) electrons. The van der Waals surface area contributed by atoms with Gasteiger partial charge in [0.05, 0.1) is 36.7 Å². The summed E-state index contributed by atoms with van der Waals surface area (Å²) in [5.41, 5.74) is 2.95. The first kappa shape index (κ1) is 21.9. The molecule has 2 aromatic rings. The summed E-state index contributed by atoms with van der Waals surface area (Å²) in [4.78, 5) is 22.3. The zero-order chi connectivity index (χ0) is 24.1. The Kier molecular flexibility index (Phi) is 5.37. The molecule has 4 aliphatic rings. The van der Waals surface area contributed by atoms with Crippen molar-refractivity contribution in [1.82, 2.24) is 29.5 Å². The maximum absolute atomic E-state index is 14.6. The predicted molar refractivity (Wildman–Crippen MR) is 126 cm³/mol. The molecule has 6 rings (SSSR count). The Morgan fingerprint density at radius 3 is 2.89 bits per heavy atom. The van der Waals surface area contributed by atoms with Crippen molar-refractivity contribution in [3.05, 3.63) is 42.4 Å². The van der Waals surface area contributed by atoms with Crippen molar-refractivity contribution in [2.45, 2.75) is 43.6 Å². The van der Waals surface area contributed by atoms with E-state index in [1.165, 1.54) is 6.20 Å². The van der Waals surface area contributed by atoms with Crippen molar-refractivity contribution in [3.8, 4) is 22.6 Å². The van der Waals surface area contributed by atoms with Crippen LogP contribution >= 0.6 is 0 Å². The predicted octanol–water partition coefficient (Wildman–Crippen LogP) is 2.29. The standard InChI is InChI=1S/C24H26FN7O3/c1-26-21-9-18(29-23-15(11-28-32(21)23)24(34)30-17-4-5-20(17)33)14-10-27-22-13(14)3-2-7-31(22)19-6-8-35-12-16(19)25/h2-3,7,9-11,16-17,19-20,26,33H,4-6,8,12H2,1H3,(H,30,34)/t16-,17-,19+,20+/m1/s1. The molecule has 182 valence electrons. The summed E-state index contributed by atoms with van der Waals surface area (Å²) in [5, 5.41) is 20.2. The second-order valence-electron chi connectivity index (χ2n) is 9.07. The first-order valence-corrected chi connectivity index (χ1v) is 11.8. The number of carbonyl (C=O) groups excluding carboxylic acids is 1. The Balaban J connectivity index is 1.40. The van der Waals surface area contributed by atoms with Gasteiger partial charge in [0.25, 0.3) is 5.91 Å². The number of nitrogens with zero attached hydrogens (tertiary/aromatic N) is 5. The number of amides is 1. The van der Waals surface area contributed by atoms with Crippen LogP contribution in [0, 0.1) is 0 Å². The van der Waals surface area contributed by atoms with Crippen LogP contribution in [0.1, 0.15) is 35.7 Å². The summed E-state index contributed by atoms with van der Waals surface area (Å²) in [5.74, 6) is 1.00. The first-order valence-electron chi connectivity index (χ1n) is 11.8. The lowest BCUT2D eigenvalue weighted by Crippen LogP contribution is -2.50. The molecule has 2 aromatic heterocycles. The minimum atomic E-state index is -1.10. The largest absolute Gasteiger partial charge is 0.391 e. The maximum atomic E-state index is 14.6. The number of aliphatic hydroxyl groups is 1. The summed E-state index contributed by atoms with van der Waals surface area (Å²) in [6, 6.07) is 5.07. The number of rotatable bonds is 5. The number of carbonyl (C=O) groups is 1. The van der Waals surface area contributed by atoms with Gasteiger partial charge in [0.1, 0.15) is 23.4 Å². The van der Waals surface area contributed by atoms with Crippen molar-refractivity contribution in [2.24, 2.45) is 0 Å². The van der Waals surface area contributed by atoms with Crippen molar-refractivity contribution >= 4 is 17.4 Å². The third-order valence-corrected chi connectivity index (χ3v) is 7.01. The second kappa shape index (κ2) is 8.58. The molecule has 35 heavy (non-hydrogen) atoms. The number of hydrogen-bond donors (Lipinski definition) is 3. The van der Waals surface area contributed by atoms with E-state index >= 15 is 0 Å². The van der Waals surface area contributed by atoms with Crippen LogP contribution in [0.15, 0.2) is 36.8 Å². The number of aromatic nitrogens is 5. The van der Waals surface area contributed by atoms with Crippen LogP contribution in [0.4, 0.5) is 10.2 Å². The summed E-state index contributed by atoms with van der Waals surface area (Å²) < 4.78 is 23.4. The van der Waals surface area contributed by atoms with Gasteiger partial charge in [0, 0.05) is 43.2 Å². The van der Waals surface area contributed by atoms with Gasteiger partial charge in [-0.05, 0) is 31.4 Å². The highest BCUT2D eigenvalue weighted by atomic mass is 19.1. The minimum absolute atomic E-state index is 0.0787. The van der Waals surface area contributed by atoms with E-state index in [0.29, 0.717) is 48.0 Å². The first-order chi connectivity index (χ1) is 17.0. The van der Waals surface area contributed by atoms with E-state index in [-0.39, 0.29) is 24.6 Å². The van der Waals surface area contributed by atoms with E-state index in [1.54, 1.807) is 17.8 Å². The molecule has 0 aromatic carbocycles. The Morgan fingerprint density at radius 2 is 2.14 bits per heavy atom. The van der Waals surface area contributed by atoms with Crippen LogP contribution in [-0.2, 0) is 4.74 Å². The van der Waals surface area contributed by atoms with E-state index in [9.17, 15) is 14.3 Å². The molecule has 2 fully saturated rings. The van der Waals surface area contributed by atoms with Gasteiger partial charge in [-0.2, -0.15) is 9.61 Å². The SMILES string of the molecule is CNc1cc(-c2cnc3n([C@H]4CCOC[C@H]4F)cccc2-3)nc2c(C(=O)N[C@@H]3CC[C@@H]3O)cnn12. The monoisotopic (exact) mass is 479 g/mol. The molecule has 1 aliphatic carbocycles. The third-order valence-electron chi connectivity index (χ3n) is 7.01. The molecule has 3 N–H and O–H groups in total. The summed E-state index contributed by atoms with van der Waals surface area (Å²) in [7, 11) is 1.77. The zero-order valence-electron chi connectivity index (χ0n) is 19.2. The zero-order valence-corrected chi connectivity index (χ0v) is 19.2. The molecule has 5 heterocycles. The highest BCUT2D eigenvalue weighted by Gasteiger charge is 2.32. The Hall–Kier alpha value is -3.57. The average molecular weight is 480 g/mol. The highest BCUT2D eigenvalue weighted by molar-refractivity contribution is 6.00. The number of ether oxygens (including phenoxy) is 1. The van der Waals surface area contributed by atoms with Crippen LogP contribution in [0.2, 0.25) is 0 Å². The smallest absolute Gasteiger partial charge is 0.257 e. The van der Waals surface area contributed by atoms with E-state index in [4.69, 9.17) is 9.72 Å². The van der Waals surface area contributed by atoms with Crippen LogP contribution in [-0.4, -0.2) is 73.7 Å². The van der Waals surface area contributed by atoms with E-state index in [0.717, 1.165) is 17.5 Å². The van der Waals surface area contributed by atoms with Crippen LogP contribution in [0.25, 0.3) is 28.3 Å². The summed E-state index contributed by atoms with van der Waals surface area (Å²) >= 11 is 0. The molecular weight excluding hydrogens is 453 g/mol. The van der Waals surface area contributed by atoms with Crippen LogP contribution in [0.3, 0.4) is 0 Å². The molecule has 1 saturated carbocycles. The van der Waals surface area contributed by atoms with Crippen molar-refractivity contribution in [3.63, 3.8) is 0 Å². The summed E-state index contributed by atoms with van der Waals surface area (Å²) in [6.07, 6.45) is 5.43. The van der Waals surface area contributed by atoms with Gasteiger partial charge in [0.2, 0.25) is 0 Å². The lowest BCUT2D eigenvalue weighted by molar-refractivity contribution is 0.00346. The van der Waals surface area contributed by atoms with Gasteiger partial charge in [-0.3, -0.25) is 4.79 Å². The number of fused-ring (bicyclic) bond motifs is 2. The molecule has 3 aliphatic heterocycles. The molecule has 1 amide bonds. The Bertz CT molecular complexity index is 1370. The van der Waals surface area contributed by atoms with E-state index in [2.05, 4.69) is 20.7 Å². The van der Waals surface area contributed by atoms with Crippen molar-refractivity contribution < 1.29 is 19.0 Å². The van der Waals surface area contributed by atoms with Crippen LogP contribution < -0.4 is 10.6 Å². The normalized spacial score (nSPS) is 24.4. The van der Waals surface area contributed by atoms with Gasteiger partial charge in [-0.15, -0.1) is 0 Å². The molecule has 4 atom stereocenters. The number of hydrogen-bond acceptors (Lipinski definition) is 7. The minimum Gasteiger partial charge on any atom is -0.391 e. The topological polar surface area (TPSA) is 119 Å². The molecular formula is C24H26FN7O3. The lowest BCUT2D eigenvalue weighted by Gasteiger charge is -2.32. The Labute approximate surface area is 200 Å². The number of pyridine rings is 1. The number of alkyl halides is 1. The highest BCUT2D eigenvalue weighted by Crippen LogP contribution is 2.37. The molecule has 11 heteroatoms. The van der Waals surface area contributed by atoms with Crippen molar-refractivity contribution in [2.75, 3.05) is 25.6 Å². The van der Waals surface area contributed by atoms with Gasteiger partial charge in [0.15, 0.2) is 5.65 Å². The number of aliphatic hydroxyl groups excluding tert-OH is 1. The molecule has 0 bridgehead atoms. The maximum Gasteiger partial charge on any atom is 0.257 e. The fourth-order valence-corrected chi connectivity index (χ4v) is 4.87. The fourth-order valence-electron chi connectivity index (χ4n) is 4.87. The molecule has 1 saturated heterocycles. The van der Waals surface area contributed by atoms with E-state index < -0.39 is 12.3 Å². The van der Waals surface area contributed by atoms with Gasteiger partial charge >= 0.3 is 0 Å². The molecule has 10 nitrogen and oxygen atoms in total. The molecule has 0 unspecified atom stereocenters. The van der Waals surface area contributed by atoms with Gasteiger partial charge < -0.3 is 25.0 Å².